The summed E-state index contributed by atoms with van der Waals surface area (Å²) in [6, 6.07) is 12.2. The highest BCUT2D eigenvalue weighted by Gasteiger charge is 2.53. The number of fused-ring (bicyclic) bond motifs is 1. The third-order valence-electron chi connectivity index (χ3n) is 7.56. The number of likely N-dealkylation sites (N-methyl/N-ethyl adjacent to an activating group) is 1. The van der Waals surface area contributed by atoms with Gasteiger partial charge in [0.2, 0.25) is 5.91 Å². The molecule has 0 spiro atoms. The second-order valence-corrected chi connectivity index (χ2v) is 9.53. The van der Waals surface area contributed by atoms with Gasteiger partial charge in [0, 0.05) is 25.8 Å². The van der Waals surface area contributed by atoms with Gasteiger partial charge in [-0.05, 0) is 78.6 Å². The Morgan fingerprint density at radius 3 is 2.59 bits per heavy atom. The van der Waals surface area contributed by atoms with E-state index < -0.39 is 23.1 Å². The first-order valence-corrected chi connectivity index (χ1v) is 11.9. The van der Waals surface area contributed by atoms with Crippen molar-refractivity contribution in [2.75, 3.05) is 25.0 Å². The summed E-state index contributed by atoms with van der Waals surface area (Å²) in [6.07, 6.45) is 4.18. The molecule has 3 amide bonds. The van der Waals surface area contributed by atoms with Crippen LogP contribution in [0.15, 0.2) is 48.0 Å². The summed E-state index contributed by atoms with van der Waals surface area (Å²) in [5.41, 5.74) is 11.3. The van der Waals surface area contributed by atoms with E-state index in [1.54, 1.807) is 4.90 Å². The number of primary amides is 1. The SMILES string of the molecule is CNC(=O)C1=CC(C(N)=O)(C2CC2)CN(c2cccc(-c3cccc4c3CCNC4)c2C)C1=O. The average Bonchev–Trinajstić information content (AvgIpc) is 3.70. The number of hydrogen-bond acceptors (Lipinski definition) is 4. The van der Waals surface area contributed by atoms with E-state index in [4.69, 9.17) is 5.73 Å². The highest BCUT2D eigenvalue weighted by atomic mass is 16.2. The molecule has 34 heavy (non-hydrogen) atoms. The van der Waals surface area contributed by atoms with Crippen molar-refractivity contribution in [3.8, 4) is 11.1 Å². The molecule has 7 nitrogen and oxygen atoms in total. The van der Waals surface area contributed by atoms with Crippen LogP contribution in [0.1, 0.15) is 29.5 Å². The van der Waals surface area contributed by atoms with Gasteiger partial charge >= 0.3 is 0 Å². The van der Waals surface area contributed by atoms with E-state index in [2.05, 4.69) is 34.9 Å². The number of nitrogens with two attached hydrogens (primary N) is 1. The zero-order chi connectivity index (χ0) is 24.0. The number of rotatable bonds is 5. The molecule has 7 heteroatoms. The lowest BCUT2D eigenvalue weighted by atomic mass is 9.76. The van der Waals surface area contributed by atoms with E-state index in [0.29, 0.717) is 5.69 Å². The number of hydrogen-bond donors (Lipinski definition) is 3. The summed E-state index contributed by atoms with van der Waals surface area (Å²) in [7, 11) is 1.48. The van der Waals surface area contributed by atoms with Crippen molar-refractivity contribution in [1.29, 1.82) is 0 Å². The van der Waals surface area contributed by atoms with Gasteiger partial charge < -0.3 is 21.3 Å². The van der Waals surface area contributed by atoms with E-state index >= 15 is 0 Å². The first-order valence-electron chi connectivity index (χ1n) is 11.9. The van der Waals surface area contributed by atoms with E-state index in [-0.39, 0.29) is 18.0 Å². The van der Waals surface area contributed by atoms with Crippen LogP contribution in [0.3, 0.4) is 0 Å². The molecule has 0 saturated heterocycles. The third kappa shape index (κ3) is 3.51. The maximum atomic E-state index is 13.5. The number of carbonyl (C=O) groups excluding carboxylic acids is 3. The predicted octanol–water partition coefficient (Wildman–Crippen LogP) is 2.21. The highest BCUT2D eigenvalue weighted by Crippen LogP contribution is 2.50. The van der Waals surface area contributed by atoms with Crippen LogP contribution in [0.25, 0.3) is 11.1 Å². The fourth-order valence-electron chi connectivity index (χ4n) is 5.52. The monoisotopic (exact) mass is 458 g/mol. The van der Waals surface area contributed by atoms with Crippen LogP contribution >= 0.6 is 0 Å². The Bertz CT molecular complexity index is 1230. The van der Waals surface area contributed by atoms with Gasteiger partial charge in [0.15, 0.2) is 0 Å². The molecular weight excluding hydrogens is 428 g/mol. The molecule has 1 unspecified atom stereocenters. The van der Waals surface area contributed by atoms with E-state index in [9.17, 15) is 14.4 Å². The molecule has 2 aromatic carbocycles. The van der Waals surface area contributed by atoms with Crippen molar-refractivity contribution in [1.82, 2.24) is 10.6 Å². The fourth-order valence-corrected chi connectivity index (χ4v) is 5.52. The second kappa shape index (κ2) is 8.40. The molecule has 1 saturated carbocycles. The Hall–Kier alpha value is -3.45. The first-order chi connectivity index (χ1) is 16.4. The molecule has 1 fully saturated rings. The Balaban J connectivity index is 1.63. The maximum absolute atomic E-state index is 13.5. The Labute approximate surface area is 199 Å². The zero-order valence-electron chi connectivity index (χ0n) is 19.6. The minimum Gasteiger partial charge on any atom is -0.369 e. The minimum absolute atomic E-state index is 0.0209. The van der Waals surface area contributed by atoms with Gasteiger partial charge in [-0.1, -0.05) is 30.3 Å². The predicted molar refractivity (Wildman–Crippen MR) is 131 cm³/mol. The molecule has 2 aromatic rings. The van der Waals surface area contributed by atoms with Crippen molar-refractivity contribution < 1.29 is 14.4 Å². The van der Waals surface area contributed by atoms with Crippen molar-refractivity contribution in [3.63, 3.8) is 0 Å². The number of benzene rings is 2. The van der Waals surface area contributed by atoms with Crippen molar-refractivity contribution in [2.45, 2.75) is 32.7 Å². The number of amides is 3. The lowest BCUT2D eigenvalue weighted by molar-refractivity contribution is -0.127. The van der Waals surface area contributed by atoms with Gasteiger partial charge in [-0.25, -0.2) is 0 Å². The summed E-state index contributed by atoms with van der Waals surface area (Å²) in [5.74, 6) is -1.36. The van der Waals surface area contributed by atoms with Gasteiger partial charge in [0.1, 0.15) is 5.57 Å². The van der Waals surface area contributed by atoms with Crippen molar-refractivity contribution in [2.24, 2.45) is 17.1 Å². The van der Waals surface area contributed by atoms with Gasteiger partial charge in [0.25, 0.3) is 11.8 Å². The number of carbonyl (C=O) groups is 3. The molecule has 176 valence electrons. The van der Waals surface area contributed by atoms with Crippen LogP contribution in [-0.4, -0.2) is 37.9 Å². The van der Waals surface area contributed by atoms with E-state index in [0.717, 1.165) is 49.0 Å². The van der Waals surface area contributed by atoms with Gasteiger partial charge in [0.05, 0.1) is 5.41 Å². The molecular formula is C27H30N4O3. The molecule has 0 bridgehead atoms. The number of nitrogens with zero attached hydrogens (tertiary/aromatic N) is 1. The Morgan fingerprint density at radius 2 is 1.88 bits per heavy atom. The second-order valence-electron chi connectivity index (χ2n) is 9.53. The number of anilines is 1. The lowest BCUT2D eigenvalue weighted by Gasteiger charge is -2.39. The normalized spacial score (nSPS) is 22.1. The Kier molecular flexibility index (Phi) is 5.52. The third-order valence-corrected chi connectivity index (χ3v) is 7.56. The standard InChI is InChI=1S/C27H30N4O3/c1-16-19(21-7-3-5-17-14-30-12-11-20(17)21)6-4-8-23(16)31-15-27(26(28)34,18-9-10-18)13-22(25(31)33)24(32)29-2/h3-8,13,18,30H,9-12,14-15H2,1-2H3,(H2,28,34)(H,29,32). The molecule has 2 heterocycles. The van der Waals surface area contributed by atoms with Gasteiger partial charge in [-0.2, -0.15) is 0 Å². The van der Waals surface area contributed by atoms with E-state index in [1.165, 1.54) is 24.3 Å². The summed E-state index contributed by atoms with van der Waals surface area (Å²) in [6.45, 7) is 3.91. The Morgan fingerprint density at radius 1 is 1.15 bits per heavy atom. The summed E-state index contributed by atoms with van der Waals surface area (Å²) >= 11 is 0. The highest BCUT2D eigenvalue weighted by molar-refractivity contribution is 6.25. The molecule has 5 rings (SSSR count). The molecule has 3 aliphatic rings. The smallest absolute Gasteiger partial charge is 0.263 e. The van der Waals surface area contributed by atoms with Crippen LogP contribution in [-0.2, 0) is 27.3 Å². The molecule has 0 aromatic heterocycles. The largest absolute Gasteiger partial charge is 0.369 e. The quantitative estimate of drug-likeness (QED) is 0.598. The molecule has 4 N–H and O–H groups in total. The average molecular weight is 459 g/mol. The fraction of sp³-hybridized carbons (Fsp3) is 0.370. The molecule has 1 atom stereocenters. The lowest BCUT2D eigenvalue weighted by Crippen LogP contribution is -2.54. The topological polar surface area (TPSA) is 105 Å². The summed E-state index contributed by atoms with van der Waals surface area (Å²) in [5, 5.41) is 5.97. The van der Waals surface area contributed by atoms with Crippen LogP contribution in [0.4, 0.5) is 5.69 Å². The van der Waals surface area contributed by atoms with Crippen LogP contribution < -0.4 is 21.3 Å². The van der Waals surface area contributed by atoms with Crippen LogP contribution in [0.5, 0.6) is 0 Å². The maximum Gasteiger partial charge on any atom is 0.263 e. The molecule has 2 aliphatic heterocycles. The van der Waals surface area contributed by atoms with Crippen molar-refractivity contribution >= 4 is 23.4 Å². The van der Waals surface area contributed by atoms with Gasteiger partial charge in [-0.3, -0.25) is 14.4 Å². The zero-order valence-corrected chi connectivity index (χ0v) is 19.6. The van der Waals surface area contributed by atoms with Crippen molar-refractivity contribution in [3.05, 3.63) is 64.7 Å². The molecule has 1 aliphatic carbocycles. The molecule has 0 radical (unpaired) electrons. The van der Waals surface area contributed by atoms with Crippen LogP contribution in [0.2, 0.25) is 0 Å². The minimum atomic E-state index is -1.05. The first kappa shape index (κ1) is 22.3. The van der Waals surface area contributed by atoms with Gasteiger partial charge in [-0.15, -0.1) is 0 Å². The number of nitrogens with one attached hydrogen (secondary N) is 2. The summed E-state index contributed by atoms with van der Waals surface area (Å²) < 4.78 is 0. The summed E-state index contributed by atoms with van der Waals surface area (Å²) in [4.78, 5) is 40.5. The van der Waals surface area contributed by atoms with Crippen LogP contribution in [0, 0.1) is 18.3 Å². The van der Waals surface area contributed by atoms with E-state index in [1.807, 2.05) is 19.1 Å².